The van der Waals surface area contributed by atoms with E-state index in [-0.39, 0.29) is 5.56 Å². The summed E-state index contributed by atoms with van der Waals surface area (Å²) in [4.78, 5) is 27.9. The molecule has 34 heavy (non-hydrogen) atoms. The molecule has 3 aromatic heterocycles. The Bertz CT molecular complexity index is 1350. The lowest BCUT2D eigenvalue weighted by Crippen LogP contribution is -2.47. The number of pyridine rings is 1. The molecule has 0 N–H and O–H groups in total. The van der Waals surface area contributed by atoms with Gasteiger partial charge in [0.25, 0.3) is 5.56 Å². The molecule has 0 amide bonds. The van der Waals surface area contributed by atoms with Crippen molar-refractivity contribution < 1.29 is 4.74 Å². The average molecular weight is 461 g/mol. The summed E-state index contributed by atoms with van der Waals surface area (Å²) in [5, 5.41) is 0. The minimum atomic E-state index is -0.00752. The van der Waals surface area contributed by atoms with Crippen LogP contribution in [0, 0.1) is 6.92 Å². The van der Waals surface area contributed by atoms with Crippen molar-refractivity contribution in [3.8, 4) is 5.88 Å². The molecular formula is C26H32N6O2. The Labute approximate surface area is 199 Å². The van der Waals surface area contributed by atoms with E-state index in [9.17, 15) is 4.79 Å². The highest BCUT2D eigenvalue weighted by molar-refractivity contribution is 5.77. The van der Waals surface area contributed by atoms with Crippen molar-refractivity contribution in [2.75, 3.05) is 39.8 Å². The molecule has 0 radical (unpaired) electrons. The lowest BCUT2D eigenvalue weighted by Gasteiger charge is -2.34. The van der Waals surface area contributed by atoms with Crippen LogP contribution in [0.3, 0.4) is 0 Å². The SMILES string of the molecule is CCc1nc(C)c2c(=O)n(CCN3CCN(Cc4ccccc4)CC3)c3ccc(OC)nc3n12. The fourth-order valence-electron chi connectivity index (χ4n) is 4.93. The van der Waals surface area contributed by atoms with Crippen LogP contribution in [0.25, 0.3) is 16.7 Å². The predicted octanol–water partition coefficient (Wildman–Crippen LogP) is 2.74. The first-order valence-corrected chi connectivity index (χ1v) is 12.0. The highest BCUT2D eigenvalue weighted by Crippen LogP contribution is 2.21. The molecule has 178 valence electrons. The van der Waals surface area contributed by atoms with E-state index >= 15 is 0 Å². The molecule has 1 aliphatic rings. The predicted molar refractivity (Wildman–Crippen MR) is 134 cm³/mol. The number of fused-ring (bicyclic) bond motifs is 3. The third-order valence-electron chi connectivity index (χ3n) is 6.78. The van der Waals surface area contributed by atoms with E-state index in [1.807, 2.05) is 34.9 Å². The molecule has 1 saturated heterocycles. The van der Waals surface area contributed by atoms with Crippen LogP contribution in [0.4, 0.5) is 0 Å². The first-order chi connectivity index (χ1) is 16.6. The second kappa shape index (κ2) is 9.56. The fraction of sp³-hybridized carbons (Fsp3) is 0.423. The van der Waals surface area contributed by atoms with E-state index in [0.29, 0.717) is 17.9 Å². The van der Waals surface area contributed by atoms with Gasteiger partial charge in [-0.05, 0) is 18.6 Å². The second-order valence-corrected chi connectivity index (χ2v) is 8.91. The van der Waals surface area contributed by atoms with Crippen molar-refractivity contribution >= 4 is 16.7 Å². The summed E-state index contributed by atoms with van der Waals surface area (Å²) >= 11 is 0. The number of imidazole rings is 1. The third kappa shape index (κ3) is 4.19. The van der Waals surface area contributed by atoms with Crippen LogP contribution in [0.1, 0.15) is 24.0 Å². The van der Waals surface area contributed by atoms with Gasteiger partial charge in [-0.2, -0.15) is 4.98 Å². The first kappa shape index (κ1) is 22.6. The molecule has 4 aromatic rings. The molecule has 0 atom stereocenters. The van der Waals surface area contributed by atoms with Crippen LogP contribution in [-0.4, -0.2) is 68.6 Å². The van der Waals surface area contributed by atoms with E-state index in [2.05, 4.69) is 45.1 Å². The van der Waals surface area contributed by atoms with E-state index in [4.69, 9.17) is 9.72 Å². The van der Waals surface area contributed by atoms with Gasteiger partial charge < -0.3 is 9.30 Å². The molecule has 1 fully saturated rings. The van der Waals surface area contributed by atoms with Crippen LogP contribution >= 0.6 is 0 Å². The molecule has 4 heterocycles. The summed E-state index contributed by atoms with van der Waals surface area (Å²) < 4.78 is 9.16. The maximum atomic E-state index is 13.6. The quantitative estimate of drug-likeness (QED) is 0.423. The number of methoxy groups -OCH3 is 1. The first-order valence-electron chi connectivity index (χ1n) is 12.0. The van der Waals surface area contributed by atoms with Crippen LogP contribution in [0.15, 0.2) is 47.3 Å². The summed E-state index contributed by atoms with van der Waals surface area (Å²) in [6.07, 6.45) is 0.722. The number of nitrogens with zero attached hydrogens (tertiary/aromatic N) is 6. The van der Waals surface area contributed by atoms with Gasteiger partial charge in [0.1, 0.15) is 11.3 Å². The largest absolute Gasteiger partial charge is 0.481 e. The van der Waals surface area contributed by atoms with Gasteiger partial charge in [0, 0.05) is 58.3 Å². The molecule has 8 heteroatoms. The molecule has 0 spiro atoms. The van der Waals surface area contributed by atoms with Crippen LogP contribution in [-0.2, 0) is 19.5 Å². The zero-order chi connectivity index (χ0) is 23.7. The topological polar surface area (TPSA) is 67.9 Å². The Morgan fingerprint density at radius 3 is 2.38 bits per heavy atom. The molecule has 1 aliphatic heterocycles. The number of hydrogen-bond acceptors (Lipinski definition) is 6. The van der Waals surface area contributed by atoms with Crippen molar-refractivity contribution in [3.63, 3.8) is 0 Å². The number of aryl methyl sites for hydroxylation is 2. The molecule has 1 aromatic carbocycles. The van der Waals surface area contributed by atoms with Crippen molar-refractivity contribution in [1.82, 2.24) is 28.7 Å². The zero-order valence-electron chi connectivity index (χ0n) is 20.2. The van der Waals surface area contributed by atoms with Crippen molar-refractivity contribution in [3.05, 3.63) is 69.9 Å². The monoisotopic (exact) mass is 460 g/mol. The number of piperazine rings is 1. The van der Waals surface area contributed by atoms with E-state index < -0.39 is 0 Å². The Morgan fingerprint density at radius 2 is 1.68 bits per heavy atom. The fourth-order valence-corrected chi connectivity index (χ4v) is 4.93. The number of aromatic nitrogens is 4. The smallest absolute Gasteiger partial charge is 0.277 e. The number of hydrogen-bond donors (Lipinski definition) is 0. The minimum Gasteiger partial charge on any atom is -0.481 e. The van der Waals surface area contributed by atoms with Gasteiger partial charge in [-0.3, -0.25) is 19.0 Å². The van der Waals surface area contributed by atoms with Gasteiger partial charge in [0.05, 0.1) is 18.3 Å². The number of rotatable bonds is 7. The summed E-state index contributed by atoms with van der Waals surface area (Å²) in [6, 6.07) is 14.4. The standard InChI is InChI=1S/C26H32N6O2/c1-4-22-27-19(2)24-26(33)31(21-10-11-23(34-3)28-25(21)32(22)24)17-16-29-12-14-30(15-13-29)18-20-8-6-5-7-9-20/h5-11H,4,12-18H2,1-3H3. The van der Waals surface area contributed by atoms with Crippen molar-refractivity contribution in [2.24, 2.45) is 0 Å². The van der Waals surface area contributed by atoms with Crippen molar-refractivity contribution in [1.29, 1.82) is 0 Å². The summed E-state index contributed by atoms with van der Waals surface area (Å²) in [5.74, 6) is 1.37. The summed E-state index contributed by atoms with van der Waals surface area (Å²) in [7, 11) is 1.61. The van der Waals surface area contributed by atoms with Crippen LogP contribution in [0.5, 0.6) is 5.88 Å². The Kier molecular flexibility index (Phi) is 6.34. The van der Waals surface area contributed by atoms with Crippen LogP contribution in [0.2, 0.25) is 0 Å². The second-order valence-electron chi connectivity index (χ2n) is 8.91. The molecule has 0 aliphatic carbocycles. The molecule has 0 unspecified atom stereocenters. The minimum absolute atomic E-state index is 0.00752. The average Bonchev–Trinajstić information content (AvgIpc) is 3.22. The van der Waals surface area contributed by atoms with Gasteiger partial charge in [0.2, 0.25) is 5.88 Å². The third-order valence-corrected chi connectivity index (χ3v) is 6.78. The Morgan fingerprint density at radius 1 is 0.941 bits per heavy atom. The van der Waals surface area contributed by atoms with Crippen molar-refractivity contribution in [2.45, 2.75) is 33.4 Å². The molecule has 5 rings (SSSR count). The summed E-state index contributed by atoms with van der Waals surface area (Å²) in [5.41, 5.74) is 4.24. The Balaban J connectivity index is 1.38. The summed E-state index contributed by atoms with van der Waals surface area (Å²) in [6.45, 7) is 10.4. The maximum absolute atomic E-state index is 13.6. The Hall–Kier alpha value is -3.23. The van der Waals surface area contributed by atoms with Gasteiger partial charge in [-0.25, -0.2) is 4.98 Å². The molecule has 0 bridgehead atoms. The molecular weight excluding hydrogens is 428 g/mol. The van der Waals surface area contributed by atoms with E-state index in [1.54, 1.807) is 7.11 Å². The highest BCUT2D eigenvalue weighted by atomic mass is 16.5. The zero-order valence-corrected chi connectivity index (χ0v) is 20.2. The highest BCUT2D eigenvalue weighted by Gasteiger charge is 2.21. The number of ether oxygens (including phenoxy) is 1. The number of benzene rings is 1. The maximum Gasteiger partial charge on any atom is 0.277 e. The van der Waals surface area contributed by atoms with Gasteiger partial charge in [-0.15, -0.1) is 0 Å². The normalized spacial score (nSPS) is 15.4. The van der Waals surface area contributed by atoms with Gasteiger partial charge in [-0.1, -0.05) is 37.3 Å². The van der Waals surface area contributed by atoms with Crippen LogP contribution < -0.4 is 10.3 Å². The van der Waals surface area contributed by atoms with E-state index in [0.717, 1.165) is 68.4 Å². The van der Waals surface area contributed by atoms with E-state index in [1.165, 1.54) is 5.56 Å². The lowest BCUT2D eigenvalue weighted by molar-refractivity contribution is 0.124. The lowest BCUT2D eigenvalue weighted by atomic mass is 10.2. The van der Waals surface area contributed by atoms with Gasteiger partial charge >= 0.3 is 0 Å². The molecule has 8 nitrogen and oxygen atoms in total. The van der Waals surface area contributed by atoms with Gasteiger partial charge in [0.15, 0.2) is 5.65 Å². The molecule has 0 saturated carbocycles.